The van der Waals surface area contributed by atoms with Crippen molar-refractivity contribution in [3.8, 4) is 11.5 Å². The maximum atomic E-state index is 11.5. The predicted octanol–water partition coefficient (Wildman–Crippen LogP) is 2.17. The highest BCUT2D eigenvalue weighted by atomic mass is 16.4. The minimum absolute atomic E-state index is 0.138. The molecule has 110 valence electrons. The first-order valence-corrected chi connectivity index (χ1v) is 6.93. The van der Waals surface area contributed by atoms with Gasteiger partial charge in [0.2, 0.25) is 0 Å². The molecule has 0 amide bonds. The Balaban J connectivity index is 2.09. The average Bonchev–Trinajstić information content (AvgIpc) is 2.43. The first-order chi connectivity index (χ1) is 9.47. The Labute approximate surface area is 118 Å². The van der Waals surface area contributed by atoms with Gasteiger partial charge in [-0.2, -0.15) is 0 Å². The van der Waals surface area contributed by atoms with Crippen molar-refractivity contribution in [2.24, 2.45) is 5.41 Å². The first-order valence-electron chi connectivity index (χ1n) is 6.93. The number of carboxylic acids is 1. The van der Waals surface area contributed by atoms with Gasteiger partial charge in [0.25, 0.3) is 0 Å². The Morgan fingerprint density at radius 1 is 1.35 bits per heavy atom. The highest BCUT2D eigenvalue weighted by Crippen LogP contribution is 2.34. The summed E-state index contributed by atoms with van der Waals surface area (Å²) < 4.78 is 0. The van der Waals surface area contributed by atoms with Crippen LogP contribution in [-0.2, 0) is 11.3 Å². The molecular weight excluding hydrogens is 258 g/mol. The quantitative estimate of drug-likeness (QED) is 0.736. The van der Waals surface area contributed by atoms with Crippen molar-refractivity contribution < 1.29 is 20.1 Å². The summed E-state index contributed by atoms with van der Waals surface area (Å²) in [5.74, 6) is -1.00. The Morgan fingerprint density at radius 2 is 2.10 bits per heavy atom. The fourth-order valence-electron chi connectivity index (χ4n) is 2.90. The van der Waals surface area contributed by atoms with Crippen molar-refractivity contribution in [3.05, 3.63) is 23.8 Å². The number of phenols is 2. The number of hydrogen-bond donors (Lipinski definition) is 3. The number of piperidine rings is 1. The van der Waals surface area contributed by atoms with Gasteiger partial charge in [-0.1, -0.05) is 13.0 Å². The summed E-state index contributed by atoms with van der Waals surface area (Å²) in [6.07, 6.45) is 2.21. The van der Waals surface area contributed by atoms with Gasteiger partial charge in [0, 0.05) is 13.1 Å². The van der Waals surface area contributed by atoms with E-state index < -0.39 is 11.4 Å². The average molecular weight is 279 g/mol. The van der Waals surface area contributed by atoms with E-state index in [9.17, 15) is 20.1 Å². The van der Waals surface area contributed by atoms with Crippen LogP contribution in [0.3, 0.4) is 0 Å². The standard InChI is InChI=1S/C15H21NO4/c1-2-15(14(19)20)6-3-7-16(10-15)9-11-4-5-12(17)13(18)8-11/h4-5,8,17-18H,2-3,6-7,9-10H2,1H3,(H,19,20). The fourth-order valence-corrected chi connectivity index (χ4v) is 2.90. The summed E-state index contributed by atoms with van der Waals surface area (Å²) in [6, 6.07) is 4.73. The summed E-state index contributed by atoms with van der Waals surface area (Å²) >= 11 is 0. The molecule has 0 aromatic heterocycles. The van der Waals surface area contributed by atoms with E-state index in [-0.39, 0.29) is 11.5 Å². The second-order valence-corrected chi connectivity index (χ2v) is 5.58. The van der Waals surface area contributed by atoms with Gasteiger partial charge in [0.1, 0.15) is 0 Å². The van der Waals surface area contributed by atoms with Crippen LogP contribution in [0, 0.1) is 5.41 Å². The fraction of sp³-hybridized carbons (Fsp3) is 0.533. The SMILES string of the molecule is CCC1(C(=O)O)CCCN(Cc2ccc(O)c(O)c2)C1. The van der Waals surface area contributed by atoms with Gasteiger partial charge in [0.15, 0.2) is 11.5 Å². The molecule has 1 aromatic rings. The second kappa shape index (κ2) is 5.71. The minimum Gasteiger partial charge on any atom is -0.504 e. The van der Waals surface area contributed by atoms with E-state index in [2.05, 4.69) is 4.90 Å². The van der Waals surface area contributed by atoms with Gasteiger partial charge in [0.05, 0.1) is 5.41 Å². The highest BCUT2D eigenvalue weighted by molar-refractivity contribution is 5.75. The van der Waals surface area contributed by atoms with Crippen LogP contribution >= 0.6 is 0 Å². The van der Waals surface area contributed by atoms with E-state index in [1.54, 1.807) is 6.07 Å². The maximum absolute atomic E-state index is 11.5. The van der Waals surface area contributed by atoms with Crippen molar-refractivity contribution in [1.82, 2.24) is 4.90 Å². The number of rotatable bonds is 4. The van der Waals surface area contributed by atoms with Gasteiger partial charge in [-0.3, -0.25) is 9.69 Å². The zero-order valence-electron chi connectivity index (χ0n) is 11.7. The smallest absolute Gasteiger partial charge is 0.310 e. The highest BCUT2D eigenvalue weighted by Gasteiger charge is 2.40. The van der Waals surface area contributed by atoms with Gasteiger partial charge < -0.3 is 15.3 Å². The van der Waals surface area contributed by atoms with Crippen LogP contribution in [0.5, 0.6) is 11.5 Å². The molecule has 1 fully saturated rings. The number of aromatic hydroxyl groups is 2. The van der Waals surface area contributed by atoms with E-state index in [0.29, 0.717) is 19.5 Å². The molecule has 0 saturated carbocycles. The lowest BCUT2D eigenvalue weighted by atomic mass is 9.77. The Kier molecular flexibility index (Phi) is 4.18. The van der Waals surface area contributed by atoms with Gasteiger partial charge in [-0.25, -0.2) is 0 Å². The summed E-state index contributed by atoms with van der Waals surface area (Å²) in [6.45, 7) is 3.89. The van der Waals surface area contributed by atoms with Crippen LogP contribution in [0.2, 0.25) is 0 Å². The van der Waals surface area contributed by atoms with Crippen molar-refractivity contribution in [3.63, 3.8) is 0 Å². The van der Waals surface area contributed by atoms with Crippen LogP contribution < -0.4 is 0 Å². The molecule has 1 aliphatic rings. The number of nitrogens with zero attached hydrogens (tertiary/aromatic N) is 1. The van der Waals surface area contributed by atoms with Crippen LogP contribution in [0.4, 0.5) is 0 Å². The molecule has 0 aliphatic carbocycles. The third-order valence-corrected chi connectivity index (χ3v) is 4.23. The summed E-state index contributed by atoms with van der Waals surface area (Å²) in [5, 5.41) is 28.3. The molecule has 20 heavy (non-hydrogen) atoms. The first kappa shape index (κ1) is 14.7. The molecule has 0 spiro atoms. The van der Waals surface area contributed by atoms with Gasteiger partial charge >= 0.3 is 5.97 Å². The molecule has 1 heterocycles. The lowest BCUT2D eigenvalue weighted by molar-refractivity contribution is -0.153. The molecular formula is C15H21NO4. The normalized spacial score (nSPS) is 23.6. The van der Waals surface area contributed by atoms with E-state index in [1.807, 2.05) is 6.92 Å². The summed E-state index contributed by atoms with van der Waals surface area (Å²) in [4.78, 5) is 13.6. The number of benzene rings is 1. The molecule has 5 heteroatoms. The lowest BCUT2D eigenvalue weighted by Gasteiger charge is -2.39. The molecule has 0 bridgehead atoms. The largest absolute Gasteiger partial charge is 0.504 e. The molecule has 1 aliphatic heterocycles. The lowest BCUT2D eigenvalue weighted by Crippen LogP contribution is -2.47. The molecule has 1 unspecified atom stereocenters. The Hall–Kier alpha value is -1.75. The van der Waals surface area contributed by atoms with Crippen LogP contribution in [-0.4, -0.2) is 39.3 Å². The van der Waals surface area contributed by atoms with Crippen LogP contribution in [0.15, 0.2) is 18.2 Å². The van der Waals surface area contributed by atoms with Gasteiger partial charge in [-0.15, -0.1) is 0 Å². The summed E-state index contributed by atoms with van der Waals surface area (Å²) in [7, 11) is 0. The zero-order valence-corrected chi connectivity index (χ0v) is 11.7. The van der Waals surface area contributed by atoms with E-state index >= 15 is 0 Å². The van der Waals surface area contributed by atoms with E-state index in [0.717, 1.165) is 24.9 Å². The van der Waals surface area contributed by atoms with Crippen molar-refractivity contribution in [2.45, 2.75) is 32.7 Å². The van der Waals surface area contributed by atoms with E-state index in [1.165, 1.54) is 12.1 Å². The number of carbonyl (C=O) groups is 1. The number of likely N-dealkylation sites (tertiary alicyclic amines) is 1. The molecule has 5 nitrogen and oxygen atoms in total. The third-order valence-electron chi connectivity index (χ3n) is 4.23. The molecule has 1 atom stereocenters. The molecule has 0 radical (unpaired) electrons. The second-order valence-electron chi connectivity index (χ2n) is 5.58. The number of phenolic OH excluding ortho intramolecular Hbond substituents is 2. The van der Waals surface area contributed by atoms with Crippen LogP contribution in [0.25, 0.3) is 0 Å². The molecule has 1 aromatic carbocycles. The van der Waals surface area contributed by atoms with Crippen molar-refractivity contribution >= 4 is 5.97 Å². The number of hydrogen-bond acceptors (Lipinski definition) is 4. The zero-order chi connectivity index (χ0) is 14.8. The van der Waals surface area contributed by atoms with Crippen LogP contribution in [0.1, 0.15) is 31.7 Å². The third kappa shape index (κ3) is 2.88. The topological polar surface area (TPSA) is 81.0 Å². The summed E-state index contributed by atoms with van der Waals surface area (Å²) in [5.41, 5.74) is 0.217. The van der Waals surface area contributed by atoms with E-state index in [4.69, 9.17) is 0 Å². The number of aliphatic carboxylic acids is 1. The predicted molar refractivity (Wildman–Crippen MR) is 74.6 cm³/mol. The Morgan fingerprint density at radius 3 is 2.70 bits per heavy atom. The van der Waals surface area contributed by atoms with Crippen molar-refractivity contribution in [1.29, 1.82) is 0 Å². The molecule has 3 N–H and O–H groups in total. The molecule has 2 rings (SSSR count). The van der Waals surface area contributed by atoms with Crippen molar-refractivity contribution in [2.75, 3.05) is 13.1 Å². The maximum Gasteiger partial charge on any atom is 0.310 e. The Bertz CT molecular complexity index is 503. The minimum atomic E-state index is -0.724. The molecule has 1 saturated heterocycles. The number of carboxylic acid groups (broad SMARTS) is 1. The monoisotopic (exact) mass is 279 g/mol. The van der Waals surface area contributed by atoms with Gasteiger partial charge in [-0.05, 0) is 43.5 Å².